The van der Waals surface area contributed by atoms with Crippen LogP contribution < -0.4 is 0 Å². The van der Waals surface area contributed by atoms with E-state index in [9.17, 15) is 14.9 Å². The zero-order chi connectivity index (χ0) is 20.8. The number of aryl methyl sites for hydroxylation is 1. The van der Waals surface area contributed by atoms with E-state index in [-0.39, 0.29) is 17.7 Å². The summed E-state index contributed by atoms with van der Waals surface area (Å²) in [6.45, 7) is 2.90. The molecule has 0 saturated heterocycles. The number of hydrogen-bond donors (Lipinski definition) is 0. The molecule has 2 aromatic heterocycles. The summed E-state index contributed by atoms with van der Waals surface area (Å²) in [5.74, 6) is -1.31. The summed E-state index contributed by atoms with van der Waals surface area (Å²) < 4.78 is 8.89. The van der Waals surface area contributed by atoms with Gasteiger partial charge in [-0.25, -0.2) is 9.59 Å². The van der Waals surface area contributed by atoms with Gasteiger partial charge < -0.3 is 13.9 Å². The lowest BCUT2D eigenvalue weighted by Gasteiger charge is -2.01. The number of nitriles is 1. The van der Waals surface area contributed by atoms with Crippen LogP contribution in [0.2, 0.25) is 0 Å². The van der Waals surface area contributed by atoms with Crippen molar-refractivity contribution in [1.82, 2.24) is 9.13 Å². The largest absolute Gasteiger partial charge is 0.386 e. The minimum atomic E-state index is -0.664. The Morgan fingerprint density at radius 2 is 1.33 bits per heavy atom. The third-order valence-electron chi connectivity index (χ3n) is 5.54. The number of nitrogens with zero attached hydrogens (tertiary/aromatic N) is 3. The molecule has 1 aliphatic heterocycles. The van der Waals surface area contributed by atoms with Gasteiger partial charge in [0, 0.05) is 51.9 Å². The molecule has 0 atom stereocenters. The van der Waals surface area contributed by atoms with E-state index in [1.807, 2.05) is 66.2 Å². The maximum Gasteiger partial charge on any atom is 0.347 e. The molecular weight excluding hydrogens is 378 g/mol. The zero-order valence-electron chi connectivity index (χ0n) is 16.3. The van der Waals surface area contributed by atoms with E-state index in [4.69, 9.17) is 4.74 Å². The van der Waals surface area contributed by atoms with E-state index in [1.54, 1.807) is 10.8 Å². The second kappa shape index (κ2) is 6.75. The topological polar surface area (TPSA) is 77.0 Å². The van der Waals surface area contributed by atoms with Crippen molar-refractivity contribution >= 4 is 44.9 Å². The highest BCUT2D eigenvalue weighted by Crippen LogP contribution is 2.40. The molecule has 0 radical (unpaired) electrons. The lowest BCUT2D eigenvalue weighted by Crippen LogP contribution is -2.02. The van der Waals surface area contributed by atoms with Crippen LogP contribution in [0.4, 0.5) is 0 Å². The number of rotatable bonds is 4. The first kappa shape index (κ1) is 18.0. The predicted molar refractivity (Wildman–Crippen MR) is 113 cm³/mol. The summed E-state index contributed by atoms with van der Waals surface area (Å²) in [6, 6.07) is 17.4. The third-order valence-corrected chi connectivity index (χ3v) is 5.54. The smallest absolute Gasteiger partial charge is 0.347 e. The van der Waals surface area contributed by atoms with Gasteiger partial charge >= 0.3 is 11.9 Å². The van der Waals surface area contributed by atoms with Crippen LogP contribution in [0.5, 0.6) is 0 Å². The van der Waals surface area contributed by atoms with Gasteiger partial charge in [0.05, 0.1) is 17.2 Å². The molecule has 0 aliphatic carbocycles. The Morgan fingerprint density at radius 3 is 1.87 bits per heavy atom. The Labute approximate surface area is 172 Å². The summed E-state index contributed by atoms with van der Waals surface area (Å²) in [6.07, 6.45) is 3.65. The first-order chi connectivity index (χ1) is 14.6. The fourth-order valence-electron chi connectivity index (χ4n) is 4.24. The van der Waals surface area contributed by atoms with Gasteiger partial charge in [-0.15, -0.1) is 0 Å². The maximum absolute atomic E-state index is 12.8. The lowest BCUT2D eigenvalue weighted by atomic mass is 9.95. The van der Waals surface area contributed by atoms with Crippen molar-refractivity contribution in [2.75, 3.05) is 0 Å². The quantitative estimate of drug-likeness (QED) is 0.384. The van der Waals surface area contributed by atoms with Gasteiger partial charge in [-0.05, 0) is 19.1 Å². The standard InChI is InChI=1S/C24H17N3O3/c1-2-26-13-17(15-7-3-5-9-19(15)26)21-22(24(29)30-23(21)28)18-14-27(12-11-25)20-10-6-4-8-16(18)20/h3-10,13-14H,2,12H2,1H3. The maximum atomic E-state index is 12.8. The van der Waals surface area contributed by atoms with E-state index in [1.165, 1.54) is 0 Å². The molecule has 2 aromatic carbocycles. The molecule has 0 unspecified atom stereocenters. The number of hydrogen-bond acceptors (Lipinski definition) is 4. The molecule has 6 nitrogen and oxygen atoms in total. The molecule has 5 rings (SSSR count). The predicted octanol–water partition coefficient (Wildman–Crippen LogP) is 4.13. The van der Waals surface area contributed by atoms with Crippen molar-refractivity contribution in [3.8, 4) is 6.07 Å². The minimum absolute atomic E-state index is 0.140. The van der Waals surface area contributed by atoms with Gasteiger partial charge in [0.15, 0.2) is 0 Å². The number of esters is 2. The normalized spacial score (nSPS) is 14.0. The van der Waals surface area contributed by atoms with E-state index < -0.39 is 11.9 Å². The van der Waals surface area contributed by atoms with Gasteiger partial charge in [0.1, 0.15) is 6.54 Å². The molecule has 0 spiro atoms. The molecule has 0 saturated carbocycles. The Morgan fingerprint density at radius 1 is 0.833 bits per heavy atom. The van der Waals surface area contributed by atoms with E-state index >= 15 is 0 Å². The van der Waals surface area contributed by atoms with Crippen molar-refractivity contribution in [2.24, 2.45) is 0 Å². The SMILES string of the molecule is CCn1cc(C2=C(c3cn(CC#N)c4ccccc34)C(=O)OC2=O)c2ccccc21. The second-order valence-corrected chi connectivity index (χ2v) is 7.12. The van der Waals surface area contributed by atoms with Gasteiger partial charge in [-0.3, -0.25) is 0 Å². The van der Waals surface area contributed by atoms with Crippen molar-refractivity contribution in [3.05, 3.63) is 72.1 Å². The summed E-state index contributed by atoms with van der Waals surface area (Å²) >= 11 is 0. The molecule has 1 aliphatic rings. The number of para-hydroxylation sites is 2. The number of carbonyl (C=O) groups excluding carboxylic acids is 2. The first-order valence-corrected chi connectivity index (χ1v) is 9.68. The molecule has 30 heavy (non-hydrogen) atoms. The molecular formula is C24H17N3O3. The number of fused-ring (bicyclic) bond motifs is 2. The van der Waals surface area contributed by atoms with Gasteiger partial charge in [-0.1, -0.05) is 36.4 Å². The molecule has 0 N–H and O–H groups in total. The van der Waals surface area contributed by atoms with Crippen LogP contribution in [0.15, 0.2) is 60.9 Å². The Bertz CT molecular complexity index is 1430. The van der Waals surface area contributed by atoms with Crippen molar-refractivity contribution in [3.63, 3.8) is 0 Å². The van der Waals surface area contributed by atoms with Crippen LogP contribution >= 0.6 is 0 Å². The van der Waals surface area contributed by atoms with Crippen molar-refractivity contribution < 1.29 is 14.3 Å². The van der Waals surface area contributed by atoms with Gasteiger partial charge in [0.25, 0.3) is 0 Å². The Balaban J connectivity index is 1.85. The highest BCUT2D eigenvalue weighted by molar-refractivity contribution is 6.46. The highest BCUT2D eigenvalue weighted by atomic mass is 16.6. The van der Waals surface area contributed by atoms with Crippen molar-refractivity contribution in [1.29, 1.82) is 5.26 Å². The first-order valence-electron chi connectivity index (χ1n) is 9.68. The number of aromatic nitrogens is 2. The molecule has 146 valence electrons. The van der Waals surface area contributed by atoms with E-state index in [0.717, 1.165) is 28.4 Å². The van der Waals surface area contributed by atoms with Crippen LogP contribution in [0, 0.1) is 11.3 Å². The Kier molecular flexibility index (Phi) is 4.04. The fraction of sp³-hybridized carbons (Fsp3) is 0.125. The molecule has 4 aromatic rings. The number of cyclic esters (lactones) is 2. The van der Waals surface area contributed by atoms with Crippen LogP contribution in [0.1, 0.15) is 18.1 Å². The molecule has 0 fully saturated rings. The average molecular weight is 395 g/mol. The number of carbonyl (C=O) groups is 2. The average Bonchev–Trinajstić information content (AvgIpc) is 3.39. The molecule has 3 heterocycles. The third kappa shape index (κ3) is 2.49. The Hall–Kier alpha value is -4.11. The van der Waals surface area contributed by atoms with Gasteiger partial charge in [-0.2, -0.15) is 5.26 Å². The number of benzene rings is 2. The van der Waals surface area contributed by atoms with Crippen LogP contribution in [-0.2, 0) is 27.4 Å². The summed E-state index contributed by atoms with van der Waals surface area (Å²) in [4.78, 5) is 25.6. The summed E-state index contributed by atoms with van der Waals surface area (Å²) in [5, 5.41) is 10.9. The summed E-state index contributed by atoms with van der Waals surface area (Å²) in [7, 11) is 0. The van der Waals surface area contributed by atoms with E-state index in [2.05, 4.69) is 6.07 Å². The molecule has 0 bridgehead atoms. The summed E-state index contributed by atoms with van der Waals surface area (Å²) in [5.41, 5.74) is 3.59. The van der Waals surface area contributed by atoms with Crippen LogP contribution in [0.3, 0.4) is 0 Å². The van der Waals surface area contributed by atoms with Crippen molar-refractivity contribution in [2.45, 2.75) is 20.0 Å². The lowest BCUT2D eigenvalue weighted by molar-refractivity contribution is -0.149. The number of ether oxygens (including phenoxy) is 1. The second-order valence-electron chi connectivity index (χ2n) is 7.12. The fourth-order valence-corrected chi connectivity index (χ4v) is 4.24. The highest BCUT2D eigenvalue weighted by Gasteiger charge is 2.37. The minimum Gasteiger partial charge on any atom is -0.386 e. The van der Waals surface area contributed by atoms with E-state index in [0.29, 0.717) is 11.1 Å². The zero-order valence-corrected chi connectivity index (χ0v) is 16.3. The molecule has 6 heteroatoms. The van der Waals surface area contributed by atoms with Gasteiger partial charge in [0.2, 0.25) is 0 Å². The monoisotopic (exact) mass is 395 g/mol. The van der Waals surface area contributed by atoms with Crippen LogP contribution in [0.25, 0.3) is 33.0 Å². The molecule has 0 amide bonds. The van der Waals surface area contributed by atoms with Crippen LogP contribution in [-0.4, -0.2) is 21.1 Å².